The predicted molar refractivity (Wildman–Crippen MR) is 41.3 cm³/mol. The summed E-state index contributed by atoms with van der Waals surface area (Å²) in [6.45, 7) is 0.394. The Kier molecular flexibility index (Phi) is 3.83. The van der Waals surface area contributed by atoms with Crippen LogP contribution in [-0.2, 0) is 4.74 Å². The highest BCUT2D eigenvalue weighted by atomic mass is 16.5. The van der Waals surface area contributed by atoms with Gasteiger partial charge in [0.15, 0.2) is 0 Å². The third-order valence-corrected chi connectivity index (χ3v) is 2.09. The molecule has 1 rings (SSSR count). The largest absolute Gasteiger partial charge is 0.394 e. The van der Waals surface area contributed by atoms with E-state index in [2.05, 4.69) is 0 Å². The van der Waals surface area contributed by atoms with E-state index in [0.717, 1.165) is 25.7 Å². The maximum atomic E-state index is 9.39. The number of rotatable bonds is 3. The van der Waals surface area contributed by atoms with Crippen LogP contribution in [0.3, 0.4) is 0 Å². The van der Waals surface area contributed by atoms with Gasteiger partial charge in [-0.3, -0.25) is 0 Å². The zero-order valence-corrected chi connectivity index (χ0v) is 6.70. The monoisotopic (exact) mass is 160 g/mol. The fraction of sp³-hybridized carbons (Fsp3) is 1.00. The molecule has 0 radical (unpaired) electrons. The van der Waals surface area contributed by atoms with Crippen LogP contribution in [0.4, 0.5) is 0 Å². The molecule has 1 aliphatic rings. The molecule has 0 saturated heterocycles. The second kappa shape index (κ2) is 4.70. The number of aliphatic hydroxyl groups excluding tert-OH is 2. The second-order valence-electron chi connectivity index (χ2n) is 2.98. The van der Waals surface area contributed by atoms with Crippen molar-refractivity contribution in [1.82, 2.24) is 0 Å². The number of ether oxygens (including phenoxy) is 1. The molecule has 0 aliphatic heterocycles. The molecule has 3 heteroatoms. The van der Waals surface area contributed by atoms with Crippen LogP contribution in [0.1, 0.15) is 25.7 Å². The van der Waals surface area contributed by atoms with E-state index in [0.29, 0.717) is 6.61 Å². The van der Waals surface area contributed by atoms with Crippen molar-refractivity contribution in [3.05, 3.63) is 0 Å². The van der Waals surface area contributed by atoms with Crippen LogP contribution >= 0.6 is 0 Å². The van der Waals surface area contributed by atoms with Gasteiger partial charge in [-0.1, -0.05) is 12.8 Å². The SMILES string of the molecule is OCCOC1CCCCC1O. The molecule has 2 unspecified atom stereocenters. The van der Waals surface area contributed by atoms with Crippen molar-refractivity contribution >= 4 is 0 Å². The molecule has 2 N–H and O–H groups in total. The molecule has 2 atom stereocenters. The lowest BCUT2D eigenvalue weighted by molar-refractivity contribution is -0.0666. The number of hydrogen-bond donors (Lipinski definition) is 2. The van der Waals surface area contributed by atoms with Crippen LogP contribution in [0.2, 0.25) is 0 Å². The van der Waals surface area contributed by atoms with E-state index in [-0.39, 0.29) is 18.8 Å². The van der Waals surface area contributed by atoms with Gasteiger partial charge in [0, 0.05) is 0 Å². The van der Waals surface area contributed by atoms with E-state index in [1.165, 1.54) is 0 Å². The van der Waals surface area contributed by atoms with Crippen molar-refractivity contribution in [2.45, 2.75) is 37.9 Å². The first-order valence-corrected chi connectivity index (χ1v) is 4.25. The summed E-state index contributed by atoms with van der Waals surface area (Å²) in [6, 6.07) is 0. The Morgan fingerprint density at radius 2 is 2.00 bits per heavy atom. The van der Waals surface area contributed by atoms with Gasteiger partial charge >= 0.3 is 0 Å². The average Bonchev–Trinajstić information content (AvgIpc) is 2.03. The Bertz CT molecular complexity index is 106. The highest BCUT2D eigenvalue weighted by Gasteiger charge is 2.22. The molecule has 66 valence electrons. The van der Waals surface area contributed by atoms with E-state index in [9.17, 15) is 5.11 Å². The Labute approximate surface area is 67.0 Å². The van der Waals surface area contributed by atoms with Gasteiger partial charge < -0.3 is 14.9 Å². The van der Waals surface area contributed by atoms with Gasteiger partial charge in [-0.15, -0.1) is 0 Å². The first-order valence-electron chi connectivity index (χ1n) is 4.25. The third kappa shape index (κ3) is 2.77. The van der Waals surface area contributed by atoms with E-state index in [1.807, 2.05) is 0 Å². The van der Waals surface area contributed by atoms with E-state index < -0.39 is 0 Å². The maximum Gasteiger partial charge on any atom is 0.0835 e. The minimum atomic E-state index is -0.310. The molecule has 0 aromatic rings. The highest BCUT2D eigenvalue weighted by molar-refractivity contribution is 4.74. The molecular formula is C8H16O3. The van der Waals surface area contributed by atoms with E-state index in [4.69, 9.17) is 9.84 Å². The van der Waals surface area contributed by atoms with Crippen molar-refractivity contribution < 1.29 is 14.9 Å². The van der Waals surface area contributed by atoms with Gasteiger partial charge in [0.05, 0.1) is 25.4 Å². The molecular weight excluding hydrogens is 144 g/mol. The van der Waals surface area contributed by atoms with Gasteiger partial charge in [-0.25, -0.2) is 0 Å². The molecule has 1 fully saturated rings. The standard InChI is InChI=1S/C8H16O3/c9-5-6-11-8-4-2-1-3-7(8)10/h7-10H,1-6H2. The summed E-state index contributed by atoms with van der Waals surface area (Å²) < 4.78 is 5.24. The molecule has 1 saturated carbocycles. The normalized spacial score (nSPS) is 32.2. The van der Waals surface area contributed by atoms with Gasteiger partial charge in [-0.2, -0.15) is 0 Å². The molecule has 0 heterocycles. The van der Waals surface area contributed by atoms with Crippen LogP contribution < -0.4 is 0 Å². The summed E-state index contributed by atoms with van der Waals surface area (Å²) >= 11 is 0. The topological polar surface area (TPSA) is 49.7 Å². The number of aliphatic hydroxyl groups is 2. The zero-order chi connectivity index (χ0) is 8.10. The summed E-state index contributed by atoms with van der Waals surface area (Å²) in [4.78, 5) is 0. The minimum Gasteiger partial charge on any atom is -0.394 e. The van der Waals surface area contributed by atoms with Gasteiger partial charge in [0.1, 0.15) is 0 Å². The highest BCUT2D eigenvalue weighted by Crippen LogP contribution is 2.20. The molecule has 0 amide bonds. The molecule has 0 bridgehead atoms. The third-order valence-electron chi connectivity index (χ3n) is 2.09. The van der Waals surface area contributed by atoms with Crippen molar-refractivity contribution in [3.63, 3.8) is 0 Å². The Morgan fingerprint density at radius 1 is 1.27 bits per heavy atom. The Balaban J connectivity index is 2.18. The lowest BCUT2D eigenvalue weighted by atomic mass is 9.95. The van der Waals surface area contributed by atoms with Crippen molar-refractivity contribution in [2.75, 3.05) is 13.2 Å². The first-order chi connectivity index (χ1) is 5.34. The van der Waals surface area contributed by atoms with Crippen LogP contribution in [0.25, 0.3) is 0 Å². The van der Waals surface area contributed by atoms with Crippen LogP contribution in [0.15, 0.2) is 0 Å². The fourth-order valence-electron chi connectivity index (χ4n) is 1.48. The van der Waals surface area contributed by atoms with Crippen LogP contribution in [0.5, 0.6) is 0 Å². The lowest BCUT2D eigenvalue weighted by Gasteiger charge is -2.27. The summed E-state index contributed by atoms with van der Waals surface area (Å²) in [5.41, 5.74) is 0. The summed E-state index contributed by atoms with van der Waals surface area (Å²) in [5.74, 6) is 0. The quantitative estimate of drug-likeness (QED) is 0.624. The molecule has 11 heavy (non-hydrogen) atoms. The average molecular weight is 160 g/mol. The smallest absolute Gasteiger partial charge is 0.0835 e. The molecule has 3 nitrogen and oxygen atoms in total. The summed E-state index contributed by atoms with van der Waals surface area (Å²) in [7, 11) is 0. The summed E-state index contributed by atoms with van der Waals surface area (Å²) in [6.07, 6.45) is 3.66. The zero-order valence-electron chi connectivity index (χ0n) is 6.70. The Hall–Kier alpha value is -0.120. The van der Waals surface area contributed by atoms with Crippen molar-refractivity contribution in [1.29, 1.82) is 0 Å². The van der Waals surface area contributed by atoms with Crippen molar-refractivity contribution in [3.8, 4) is 0 Å². The van der Waals surface area contributed by atoms with Gasteiger partial charge in [-0.05, 0) is 12.8 Å². The number of hydrogen-bond acceptors (Lipinski definition) is 3. The molecule has 0 aromatic heterocycles. The fourth-order valence-corrected chi connectivity index (χ4v) is 1.48. The van der Waals surface area contributed by atoms with Gasteiger partial charge in [0.2, 0.25) is 0 Å². The van der Waals surface area contributed by atoms with E-state index >= 15 is 0 Å². The minimum absolute atomic E-state index is 0.0316. The van der Waals surface area contributed by atoms with Crippen molar-refractivity contribution in [2.24, 2.45) is 0 Å². The second-order valence-corrected chi connectivity index (χ2v) is 2.98. The van der Waals surface area contributed by atoms with Crippen LogP contribution in [0, 0.1) is 0 Å². The van der Waals surface area contributed by atoms with Gasteiger partial charge in [0.25, 0.3) is 0 Å². The Morgan fingerprint density at radius 3 is 2.64 bits per heavy atom. The molecule has 1 aliphatic carbocycles. The lowest BCUT2D eigenvalue weighted by Crippen LogP contribution is -2.32. The molecule has 0 aromatic carbocycles. The predicted octanol–water partition coefficient (Wildman–Crippen LogP) is 0.299. The summed E-state index contributed by atoms with van der Waals surface area (Å²) in [5, 5.41) is 17.9. The maximum absolute atomic E-state index is 9.39. The van der Waals surface area contributed by atoms with Crippen LogP contribution in [-0.4, -0.2) is 35.6 Å². The first kappa shape index (κ1) is 8.97. The molecule has 0 spiro atoms. The van der Waals surface area contributed by atoms with E-state index in [1.54, 1.807) is 0 Å².